The van der Waals surface area contributed by atoms with Crippen molar-refractivity contribution >= 4 is 17.1 Å². The molecule has 2 fully saturated rings. The first-order valence-corrected chi connectivity index (χ1v) is 19.8. The van der Waals surface area contributed by atoms with Gasteiger partial charge in [0.25, 0.3) is 0 Å². The van der Waals surface area contributed by atoms with E-state index in [1.807, 2.05) is 80.6 Å². The van der Waals surface area contributed by atoms with Crippen molar-refractivity contribution in [2.45, 2.75) is 65.5 Å². The highest BCUT2D eigenvalue weighted by Gasteiger charge is 2.32. The maximum absolute atomic E-state index is 15.7. The summed E-state index contributed by atoms with van der Waals surface area (Å²) in [4.78, 5) is 20.6. The minimum Gasteiger partial charge on any atom is -0.480 e. The molecule has 8 nitrogen and oxygen atoms in total. The first-order chi connectivity index (χ1) is 28.1. The van der Waals surface area contributed by atoms with Gasteiger partial charge in [-0.3, -0.25) is 14.6 Å². The Kier molecular flexibility index (Phi) is 11.6. The van der Waals surface area contributed by atoms with E-state index in [0.29, 0.717) is 67.6 Å². The molecule has 0 bridgehead atoms. The first-order valence-electron chi connectivity index (χ1n) is 19.8. The second-order valence-corrected chi connectivity index (χ2v) is 15.4. The van der Waals surface area contributed by atoms with Gasteiger partial charge >= 0.3 is 12.6 Å². The van der Waals surface area contributed by atoms with Gasteiger partial charge in [0, 0.05) is 42.4 Å². The van der Waals surface area contributed by atoms with E-state index in [0.717, 1.165) is 64.0 Å². The molecule has 3 heterocycles. The summed E-state index contributed by atoms with van der Waals surface area (Å²) in [5, 5.41) is 9.67. The monoisotopic (exact) mass is 789 g/mol. The Bertz CT molecular complexity index is 2420. The summed E-state index contributed by atoms with van der Waals surface area (Å²) in [5.74, 6) is -0.506. The van der Waals surface area contributed by atoms with E-state index in [2.05, 4.69) is 17.0 Å². The lowest BCUT2D eigenvalue weighted by Gasteiger charge is -2.22. The van der Waals surface area contributed by atoms with Crippen LogP contribution in [0.4, 0.5) is 13.2 Å². The van der Waals surface area contributed by atoms with Crippen molar-refractivity contribution in [3.8, 4) is 39.5 Å². The van der Waals surface area contributed by atoms with E-state index >= 15 is 4.39 Å². The van der Waals surface area contributed by atoms with Crippen LogP contribution in [0.25, 0.3) is 44.8 Å². The fraction of sp³-hybridized carbons (Fsp3) is 0.319. The lowest BCUT2D eigenvalue weighted by Crippen LogP contribution is -2.35. The van der Waals surface area contributed by atoms with Crippen LogP contribution in [0.15, 0.2) is 101 Å². The predicted molar refractivity (Wildman–Crippen MR) is 217 cm³/mol. The molecular weight excluding hydrogens is 744 g/mol. The number of carbonyl (C=O) groups is 1. The number of oxazole rings is 1. The SMILES string of the molecule is Cc1c(-c2ccc(CN3CC[C@H](COCc4ccccc4)C3)c(F)c2)cccc1-c1cccc(-c2nc3cc(CN4CCCC4C(=O)O)c(OC(F)F)cc3o2)c1C. The number of likely N-dealkylation sites (tertiary alicyclic amines) is 2. The number of ether oxygens (including phenoxy) is 2. The Balaban J connectivity index is 0.996. The van der Waals surface area contributed by atoms with Gasteiger partial charge in [0.05, 0.1) is 13.2 Å². The average molecular weight is 790 g/mol. The van der Waals surface area contributed by atoms with Crippen LogP contribution in [0.3, 0.4) is 0 Å². The molecule has 300 valence electrons. The van der Waals surface area contributed by atoms with E-state index in [1.165, 1.54) is 6.07 Å². The molecule has 0 amide bonds. The van der Waals surface area contributed by atoms with Crippen molar-refractivity contribution in [1.82, 2.24) is 14.8 Å². The number of hydrogen-bond donors (Lipinski definition) is 1. The third kappa shape index (κ3) is 8.53. The number of alkyl halides is 2. The third-order valence-corrected chi connectivity index (χ3v) is 11.6. The van der Waals surface area contributed by atoms with Crippen molar-refractivity contribution in [3.63, 3.8) is 0 Å². The van der Waals surface area contributed by atoms with Crippen molar-refractivity contribution in [3.05, 3.63) is 131 Å². The van der Waals surface area contributed by atoms with Crippen LogP contribution in [-0.4, -0.2) is 64.8 Å². The van der Waals surface area contributed by atoms with Crippen LogP contribution in [-0.2, 0) is 29.2 Å². The molecule has 2 saturated heterocycles. The number of aliphatic carboxylic acids is 1. The summed E-state index contributed by atoms with van der Waals surface area (Å²) >= 11 is 0. The number of nitrogens with zero attached hydrogens (tertiary/aromatic N) is 3. The molecule has 58 heavy (non-hydrogen) atoms. The summed E-state index contributed by atoms with van der Waals surface area (Å²) in [5.41, 5.74) is 9.23. The van der Waals surface area contributed by atoms with Gasteiger partial charge in [-0.25, -0.2) is 9.37 Å². The van der Waals surface area contributed by atoms with E-state index < -0.39 is 18.6 Å². The zero-order chi connectivity index (χ0) is 40.3. The Hall–Kier alpha value is -5.49. The van der Waals surface area contributed by atoms with Crippen molar-refractivity contribution < 1.29 is 37.0 Å². The Labute approximate surface area is 335 Å². The standard InChI is InChI=1S/C47H46F3N3O5/c1-29-36(33-16-17-34(40(48)21-33)25-52-20-18-32(24-52)28-56-27-31-9-4-3-5-10-31)11-6-12-37(29)38-13-7-14-39(30(38)2)45-51-41-22-35(26-53-19-8-15-42(53)46(54)55)43(58-47(49)50)23-44(41)57-45/h3-7,9-14,16-17,21-23,32,42,47H,8,15,18-20,24-28H2,1-2H3,(H,54,55)/t32-,42?/m0/s1. The fourth-order valence-electron chi connectivity index (χ4n) is 8.55. The average Bonchev–Trinajstić information content (AvgIpc) is 3.97. The van der Waals surface area contributed by atoms with Gasteiger partial charge in [0.1, 0.15) is 23.1 Å². The Morgan fingerprint density at radius 2 is 1.60 bits per heavy atom. The van der Waals surface area contributed by atoms with Gasteiger partial charge < -0.3 is 19.0 Å². The topological polar surface area (TPSA) is 88.3 Å². The van der Waals surface area contributed by atoms with Crippen LogP contribution in [0, 0.1) is 25.6 Å². The molecule has 11 heteroatoms. The minimum atomic E-state index is -3.07. The molecule has 2 aliphatic heterocycles. The molecule has 6 aromatic rings. The molecule has 1 aromatic heterocycles. The number of carboxylic acids is 1. The second kappa shape index (κ2) is 17.2. The Morgan fingerprint density at radius 3 is 2.34 bits per heavy atom. The molecule has 8 rings (SSSR count). The highest BCUT2D eigenvalue weighted by atomic mass is 19.3. The van der Waals surface area contributed by atoms with E-state index in [4.69, 9.17) is 18.9 Å². The number of hydrogen-bond acceptors (Lipinski definition) is 7. The number of benzene rings is 5. The minimum absolute atomic E-state index is 0.0754. The number of aromatic nitrogens is 1. The number of rotatable bonds is 14. The fourth-order valence-corrected chi connectivity index (χ4v) is 8.55. The normalized spacial score (nSPS) is 17.5. The van der Waals surface area contributed by atoms with E-state index in [-0.39, 0.29) is 23.7 Å². The van der Waals surface area contributed by atoms with Gasteiger partial charge in [0.15, 0.2) is 5.58 Å². The molecular formula is C47H46F3N3O5. The van der Waals surface area contributed by atoms with Crippen LogP contribution < -0.4 is 4.74 Å². The number of halogens is 3. The van der Waals surface area contributed by atoms with Crippen molar-refractivity contribution in [2.75, 3.05) is 26.2 Å². The molecule has 2 aliphatic rings. The van der Waals surface area contributed by atoms with E-state index in [9.17, 15) is 18.7 Å². The molecule has 2 atom stereocenters. The van der Waals surface area contributed by atoms with Crippen LogP contribution in [0.5, 0.6) is 5.75 Å². The molecule has 0 saturated carbocycles. The molecule has 0 spiro atoms. The van der Waals surface area contributed by atoms with Crippen molar-refractivity contribution in [2.24, 2.45) is 5.92 Å². The largest absolute Gasteiger partial charge is 0.480 e. The van der Waals surface area contributed by atoms with Gasteiger partial charge in [0.2, 0.25) is 5.89 Å². The number of fused-ring (bicyclic) bond motifs is 1. The summed E-state index contributed by atoms with van der Waals surface area (Å²) < 4.78 is 59.8. The summed E-state index contributed by atoms with van der Waals surface area (Å²) in [6.07, 6.45) is 2.22. The lowest BCUT2D eigenvalue weighted by atomic mass is 9.89. The summed E-state index contributed by atoms with van der Waals surface area (Å²) in [6, 6.07) is 29.9. The highest BCUT2D eigenvalue weighted by molar-refractivity contribution is 5.85. The van der Waals surface area contributed by atoms with E-state index in [1.54, 1.807) is 17.0 Å². The van der Waals surface area contributed by atoms with Crippen LogP contribution in [0.1, 0.15) is 47.1 Å². The second-order valence-electron chi connectivity index (χ2n) is 15.4. The van der Waals surface area contributed by atoms with Crippen LogP contribution in [0.2, 0.25) is 0 Å². The highest BCUT2D eigenvalue weighted by Crippen LogP contribution is 2.39. The molecule has 0 radical (unpaired) electrons. The van der Waals surface area contributed by atoms with Gasteiger partial charge in [-0.1, -0.05) is 72.8 Å². The maximum Gasteiger partial charge on any atom is 0.387 e. The zero-order valence-electron chi connectivity index (χ0n) is 32.6. The first kappa shape index (κ1) is 39.3. The zero-order valence-corrected chi connectivity index (χ0v) is 32.6. The Morgan fingerprint density at radius 1 is 0.862 bits per heavy atom. The van der Waals surface area contributed by atoms with Crippen LogP contribution >= 0.6 is 0 Å². The van der Waals surface area contributed by atoms with Gasteiger partial charge in [-0.05, 0) is 109 Å². The number of carboxylic acid groups (broad SMARTS) is 1. The smallest absolute Gasteiger partial charge is 0.387 e. The van der Waals surface area contributed by atoms with Gasteiger partial charge in [-0.2, -0.15) is 8.78 Å². The van der Waals surface area contributed by atoms with Gasteiger partial charge in [-0.15, -0.1) is 0 Å². The molecule has 0 aliphatic carbocycles. The summed E-state index contributed by atoms with van der Waals surface area (Å²) in [6.45, 7) is 5.23. The lowest BCUT2D eigenvalue weighted by molar-refractivity contribution is -0.142. The predicted octanol–water partition coefficient (Wildman–Crippen LogP) is 10.3. The quantitative estimate of drug-likeness (QED) is 0.117. The van der Waals surface area contributed by atoms with Crippen molar-refractivity contribution in [1.29, 1.82) is 0 Å². The molecule has 1 N–H and O–H groups in total. The third-order valence-electron chi connectivity index (χ3n) is 11.6. The molecule has 5 aromatic carbocycles. The molecule has 1 unspecified atom stereocenters. The summed E-state index contributed by atoms with van der Waals surface area (Å²) in [7, 11) is 0. The maximum atomic E-state index is 15.7.